The fourth-order valence-electron chi connectivity index (χ4n) is 2.80. The molecule has 2 N–H and O–H groups in total. The molecule has 0 bridgehead atoms. The van der Waals surface area contributed by atoms with Crippen molar-refractivity contribution in [3.63, 3.8) is 0 Å². The van der Waals surface area contributed by atoms with Crippen LogP contribution in [-0.2, 0) is 13.6 Å². The van der Waals surface area contributed by atoms with Gasteiger partial charge in [-0.1, -0.05) is 13.0 Å². The van der Waals surface area contributed by atoms with E-state index in [-0.39, 0.29) is 18.7 Å². The summed E-state index contributed by atoms with van der Waals surface area (Å²) in [5, 5.41) is 24.5. The van der Waals surface area contributed by atoms with Gasteiger partial charge in [-0.3, -0.25) is 4.98 Å². The predicted octanol–water partition coefficient (Wildman–Crippen LogP) is 2.08. The lowest BCUT2D eigenvalue weighted by atomic mass is 10.1. The van der Waals surface area contributed by atoms with E-state index in [0.29, 0.717) is 24.5 Å². The Kier molecular flexibility index (Phi) is 6.28. The van der Waals surface area contributed by atoms with Crippen molar-refractivity contribution in [3.05, 3.63) is 54.4 Å². The molecule has 0 aliphatic heterocycles. The third-order valence-electron chi connectivity index (χ3n) is 4.36. The van der Waals surface area contributed by atoms with Crippen molar-refractivity contribution < 1.29 is 9.90 Å². The highest BCUT2D eigenvalue weighted by atomic mass is 16.3. The number of aliphatic hydroxyl groups is 1. The molecule has 146 valence electrons. The predicted molar refractivity (Wildman–Crippen MR) is 104 cm³/mol. The van der Waals surface area contributed by atoms with Crippen LogP contribution in [0.5, 0.6) is 0 Å². The normalized spacial score (nSPS) is 11.8. The second kappa shape index (κ2) is 9.05. The van der Waals surface area contributed by atoms with Crippen molar-refractivity contribution in [3.8, 4) is 11.4 Å². The second-order valence-electron chi connectivity index (χ2n) is 6.34. The summed E-state index contributed by atoms with van der Waals surface area (Å²) in [5.41, 5.74) is 2.34. The van der Waals surface area contributed by atoms with Crippen LogP contribution in [0.2, 0.25) is 0 Å². The van der Waals surface area contributed by atoms with E-state index >= 15 is 0 Å². The van der Waals surface area contributed by atoms with Gasteiger partial charge in [0.25, 0.3) is 0 Å². The maximum atomic E-state index is 12.9. The summed E-state index contributed by atoms with van der Waals surface area (Å²) in [6.07, 6.45) is 4.04. The van der Waals surface area contributed by atoms with Crippen molar-refractivity contribution in [2.24, 2.45) is 7.05 Å². The first-order chi connectivity index (χ1) is 13.6. The molecule has 0 aliphatic rings. The molecule has 0 fully saturated rings. The van der Waals surface area contributed by atoms with E-state index < -0.39 is 0 Å². The number of carbonyl (C=O) groups excluding carboxylic acids is 1. The lowest BCUT2D eigenvalue weighted by molar-refractivity contribution is 0.134. The summed E-state index contributed by atoms with van der Waals surface area (Å²) in [7, 11) is 1.70. The molecule has 3 rings (SSSR count). The van der Waals surface area contributed by atoms with E-state index in [1.54, 1.807) is 36.5 Å². The monoisotopic (exact) mass is 381 g/mol. The Balaban J connectivity index is 1.73. The topological polar surface area (TPSA) is 109 Å². The average Bonchev–Trinajstić information content (AvgIpc) is 3.16. The third kappa shape index (κ3) is 4.68. The van der Waals surface area contributed by atoms with Gasteiger partial charge in [-0.05, 0) is 47.5 Å². The van der Waals surface area contributed by atoms with Gasteiger partial charge in [0.15, 0.2) is 0 Å². The molecule has 0 unspecified atom stereocenters. The fourth-order valence-corrected chi connectivity index (χ4v) is 2.80. The Bertz CT molecular complexity index is 892. The van der Waals surface area contributed by atoms with Crippen LogP contribution in [0, 0.1) is 0 Å². The van der Waals surface area contributed by atoms with Gasteiger partial charge >= 0.3 is 6.03 Å². The van der Waals surface area contributed by atoms with E-state index in [9.17, 15) is 9.90 Å². The molecule has 0 radical (unpaired) electrons. The summed E-state index contributed by atoms with van der Waals surface area (Å²) >= 11 is 0. The minimum Gasteiger partial charge on any atom is -0.394 e. The molecular formula is C19H23N7O2. The molecule has 0 saturated carbocycles. The maximum absolute atomic E-state index is 12.9. The molecule has 0 aliphatic carbocycles. The molecule has 9 nitrogen and oxygen atoms in total. The number of aliphatic hydroxyl groups excluding tert-OH is 1. The number of amides is 2. The number of carbonyl (C=O) groups is 1. The number of anilines is 1. The van der Waals surface area contributed by atoms with Crippen molar-refractivity contribution in [1.29, 1.82) is 0 Å². The van der Waals surface area contributed by atoms with E-state index in [2.05, 4.69) is 25.7 Å². The van der Waals surface area contributed by atoms with Crippen molar-refractivity contribution >= 4 is 11.7 Å². The summed E-state index contributed by atoms with van der Waals surface area (Å²) in [5.74, 6) is 0.518. The third-order valence-corrected chi connectivity index (χ3v) is 4.36. The second-order valence-corrected chi connectivity index (χ2v) is 6.34. The number of benzene rings is 1. The molecule has 2 amide bonds. The van der Waals surface area contributed by atoms with E-state index in [4.69, 9.17) is 0 Å². The zero-order chi connectivity index (χ0) is 19.9. The number of hydrogen-bond acceptors (Lipinski definition) is 6. The lowest BCUT2D eigenvalue weighted by Crippen LogP contribution is -2.44. The van der Waals surface area contributed by atoms with Crippen LogP contribution in [0.4, 0.5) is 10.5 Å². The van der Waals surface area contributed by atoms with Crippen LogP contribution in [-0.4, -0.2) is 53.9 Å². The molecule has 0 saturated heterocycles. The largest absolute Gasteiger partial charge is 0.394 e. The van der Waals surface area contributed by atoms with Gasteiger partial charge in [0.05, 0.1) is 19.7 Å². The highest BCUT2D eigenvalue weighted by molar-refractivity contribution is 5.89. The first-order valence-corrected chi connectivity index (χ1v) is 9.02. The van der Waals surface area contributed by atoms with E-state index in [0.717, 1.165) is 11.1 Å². The van der Waals surface area contributed by atoms with Crippen molar-refractivity contribution in [2.45, 2.75) is 25.9 Å². The van der Waals surface area contributed by atoms with Gasteiger partial charge in [0.2, 0.25) is 5.82 Å². The number of aromatic nitrogens is 5. The molecule has 1 atom stereocenters. The maximum Gasteiger partial charge on any atom is 0.322 e. The number of nitrogens with zero attached hydrogens (tertiary/aromatic N) is 6. The first-order valence-electron chi connectivity index (χ1n) is 9.02. The van der Waals surface area contributed by atoms with Crippen LogP contribution in [0.25, 0.3) is 11.4 Å². The summed E-state index contributed by atoms with van der Waals surface area (Å²) < 4.78 is 0. The molecule has 3 aromatic rings. The van der Waals surface area contributed by atoms with Crippen LogP contribution in [0.3, 0.4) is 0 Å². The Morgan fingerprint density at radius 2 is 2.07 bits per heavy atom. The standard InChI is InChI=1S/C19H23N7O2/c1-3-17(13-27)26(12-14-5-4-10-20-11-14)19(28)21-16-8-6-15(7-9-16)18-22-24-25(2)23-18/h4-11,17,27H,3,12-13H2,1-2H3,(H,21,28)/t17-/m0/s1. The lowest BCUT2D eigenvalue weighted by Gasteiger charge is -2.30. The SMILES string of the molecule is CC[C@@H](CO)N(Cc1cccnc1)C(=O)Nc1ccc(-c2nnn(C)n2)cc1. The zero-order valence-electron chi connectivity index (χ0n) is 15.9. The Morgan fingerprint density at radius 3 is 2.64 bits per heavy atom. The fraction of sp³-hybridized carbons (Fsp3) is 0.316. The Morgan fingerprint density at radius 1 is 1.29 bits per heavy atom. The van der Waals surface area contributed by atoms with Gasteiger partial charge in [0, 0.05) is 30.2 Å². The first kappa shape index (κ1) is 19.4. The van der Waals surface area contributed by atoms with Crippen LogP contribution in [0.1, 0.15) is 18.9 Å². The van der Waals surface area contributed by atoms with Gasteiger partial charge in [-0.25, -0.2) is 4.79 Å². The molecule has 1 aromatic carbocycles. The van der Waals surface area contributed by atoms with Gasteiger partial charge < -0.3 is 15.3 Å². The van der Waals surface area contributed by atoms with Crippen LogP contribution < -0.4 is 5.32 Å². The highest BCUT2D eigenvalue weighted by Crippen LogP contribution is 2.19. The van der Waals surface area contributed by atoms with Gasteiger partial charge in [-0.15, -0.1) is 10.2 Å². The van der Waals surface area contributed by atoms with Gasteiger partial charge in [0.1, 0.15) is 0 Å². The summed E-state index contributed by atoms with van der Waals surface area (Å²) in [6.45, 7) is 2.19. The molecule has 28 heavy (non-hydrogen) atoms. The Labute approximate surface area is 163 Å². The quantitative estimate of drug-likeness (QED) is 0.648. The van der Waals surface area contributed by atoms with Crippen molar-refractivity contribution in [1.82, 2.24) is 30.1 Å². The zero-order valence-corrected chi connectivity index (χ0v) is 15.9. The van der Waals surface area contributed by atoms with Crippen molar-refractivity contribution in [2.75, 3.05) is 11.9 Å². The molecule has 2 heterocycles. The average molecular weight is 381 g/mol. The highest BCUT2D eigenvalue weighted by Gasteiger charge is 2.22. The number of rotatable bonds is 7. The summed E-state index contributed by atoms with van der Waals surface area (Å²) in [4.78, 5) is 20.0. The van der Waals surface area contributed by atoms with Gasteiger partial charge in [-0.2, -0.15) is 4.80 Å². The number of tetrazole rings is 1. The number of pyridine rings is 1. The molecular weight excluding hydrogens is 358 g/mol. The molecule has 9 heteroatoms. The van der Waals surface area contributed by atoms with Crippen LogP contribution >= 0.6 is 0 Å². The number of nitrogens with one attached hydrogen (secondary N) is 1. The summed E-state index contributed by atoms with van der Waals surface area (Å²) in [6, 6.07) is 10.4. The van der Waals surface area contributed by atoms with E-state index in [1.807, 2.05) is 31.2 Å². The number of hydrogen-bond donors (Lipinski definition) is 2. The Hall–Kier alpha value is -3.33. The van der Waals surface area contributed by atoms with E-state index in [1.165, 1.54) is 4.80 Å². The number of urea groups is 1. The number of aryl methyl sites for hydroxylation is 1. The molecule has 0 spiro atoms. The minimum absolute atomic E-state index is 0.110. The molecule has 2 aromatic heterocycles. The minimum atomic E-state index is -0.289. The smallest absolute Gasteiger partial charge is 0.322 e. The van der Waals surface area contributed by atoms with Crippen LogP contribution in [0.15, 0.2) is 48.8 Å².